The summed E-state index contributed by atoms with van der Waals surface area (Å²) in [5.74, 6) is 2.54. The second-order valence-corrected chi connectivity index (χ2v) is 6.92. The van der Waals surface area contributed by atoms with E-state index in [0.29, 0.717) is 18.9 Å². The van der Waals surface area contributed by atoms with Gasteiger partial charge in [0.15, 0.2) is 0 Å². The average molecular weight is 310 g/mol. The highest BCUT2D eigenvalue weighted by Crippen LogP contribution is 2.49. The summed E-state index contributed by atoms with van der Waals surface area (Å²) in [5.41, 5.74) is 2.08. The Morgan fingerprint density at radius 3 is 2.74 bits per heavy atom. The monoisotopic (exact) mass is 310 g/mol. The number of nitrogens with zero attached hydrogens (tertiary/aromatic N) is 3. The predicted molar refractivity (Wildman–Crippen MR) is 86.8 cm³/mol. The van der Waals surface area contributed by atoms with Gasteiger partial charge in [0.25, 0.3) is 0 Å². The van der Waals surface area contributed by atoms with Gasteiger partial charge >= 0.3 is 0 Å². The molecule has 1 aromatic heterocycles. The van der Waals surface area contributed by atoms with Crippen LogP contribution in [0.25, 0.3) is 5.69 Å². The molecule has 23 heavy (non-hydrogen) atoms. The van der Waals surface area contributed by atoms with Gasteiger partial charge in [0.2, 0.25) is 5.91 Å². The first-order valence-corrected chi connectivity index (χ1v) is 8.48. The molecule has 2 aliphatic carbocycles. The summed E-state index contributed by atoms with van der Waals surface area (Å²) in [6.45, 7) is 0.595. The largest absolute Gasteiger partial charge is 0.352 e. The van der Waals surface area contributed by atoms with Crippen molar-refractivity contribution in [3.05, 3.63) is 42.5 Å². The Hall–Kier alpha value is -2.17. The van der Waals surface area contributed by atoms with E-state index in [2.05, 4.69) is 15.4 Å². The number of carbonyl (C=O) groups excluding carboxylic acids is 1. The first-order chi connectivity index (χ1) is 11.3. The number of amides is 1. The van der Waals surface area contributed by atoms with Crippen molar-refractivity contribution in [1.29, 1.82) is 0 Å². The third-order valence-corrected chi connectivity index (χ3v) is 5.44. The number of benzene rings is 1. The molecule has 2 aromatic rings. The fourth-order valence-corrected chi connectivity index (χ4v) is 4.25. The Labute approximate surface area is 136 Å². The van der Waals surface area contributed by atoms with Gasteiger partial charge in [-0.15, -0.1) is 0 Å². The van der Waals surface area contributed by atoms with E-state index >= 15 is 0 Å². The second-order valence-electron chi connectivity index (χ2n) is 6.92. The SMILES string of the molecule is O=C(C[C@H]1C[C@H]2CC[C@H]1C2)NCc1ccc(-n2cncn2)cc1. The molecule has 1 aromatic carbocycles. The lowest BCUT2D eigenvalue weighted by atomic mass is 9.86. The number of carbonyl (C=O) groups is 1. The van der Waals surface area contributed by atoms with E-state index in [0.717, 1.165) is 23.1 Å². The molecular formula is C18H22N4O. The number of hydrogen-bond donors (Lipinski definition) is 1. The Kier molecular flexibility index (Phi) is 3.85. The molecule has 5 nitrogen and oxygen atoms in total. The molecule has 5 heteroatoms. The molecule has 120 valence electrons. The highest BCUT2D eigenvalue weighted by Gasteiger charge is 2.39. The van der Waals surface area contributed by atoms with Gasteiger partial charge in [-0.25, -0.2) is 9.67 Å². The van der Waals surface area contributed by atoms with Gasteiger partial charge in [0, 0.05) is 13.0 Å². The minimum absolute atomic E-state index is 0.197. The lowest BCUT2D eigenvalue weighted by Gasteiger charge is -2.20. The van der Waals surface area contributed by atoms with Crippen molar-refractivity contribution in [2.24, 2.45) is 17.8 Å². The van der Waals surface area contributed by atoms with Crippen molar-refractivity contribution in [3.8, 4) is 5.69 Å². The summed E-state index contributed by atoms with van der Waals surface area (Å²) in [4.78, 5) is 16.1. The van der Waals surface area contributed by atoms with Crippen molar-refractivity contribution in [2.45, 2.75) is 38.6 Å². The van der Waals surface area contributed by atoms with E-state index < -0.39 is 0 Å². The summed E-state index contributed by atoms with van der Waals surface area (Å²) in [5, 5.41) is 7.17. The van der Waals surface area contributed by atoms with Crippen LogP contribution in [0.2, 0.25) is 0 Å². The van der Waals surface area contributed by atoms with Gasteiger partial charge in [0.05, 0.1) is 5.69 Å². The van der Waals surface area contributed by atoms with Crippen molar-refractivity contribution < 1.29 is 4.79 Å². The zero-order valence-electron chi connectivity index (χ0n) is 13.2. The normalized spacial score (nSPS) is 25.7. The zero-order valence-corrected chi connectivity index (χ0v) is 13.2. The van der Waals surface area contributed by atoms with Crippen LogP contribution in [0.3, 0.4) is 0 Å². The Morgan fingerprint density at radius 2 is 2.09 bits per heavy atom. The van der Waals surface area contributed by atoms with Crippen molar-refractivity contribution in [1.82, 2.24) is 20.1 Å². The molecule has 1 N–H and O–H groups in total. The molecule has 3 atom stereocenters. The minimum Gasteiger partial charge on any atom is -0.352 e. The van der Waals surface area contributed by atoms with E-state index in [4.69, 9.17) is 0 Å². The first-order valence-electron chi connectivity index (χ1n) is 8.48. The third-order valence-electron chi connectivity index (χ3n) is 5.44. The summed E-state index contributed by atoms with van der Waals surface area (Å²) in [7, 11) is 0. The highest BCUT2D eigenvalue weighted by atomic mass is 16.1. The molecule has 0 spiro atoms. The van der Waals surface area contributed by atoms with Crippen molar-refractivity contribution in [3.63, 3.8) is 0 Å². The lowest BCUT2D eigenvalue weighted by Crippen LogP contribution is -2.26. The average Bonchev–Trinajstić information content (AvgIpc) is 3.31. The molecule has 2 aliphatic rings. The minimum atomic E-state index is 0.197. The van der Waals surface area contributed by atoms with Crippen LogP contribution in [-0.2, 0) is 11.3 Å². The molecular weight excluding hydrogens is 288 g/mol. The number of hydrogen-bond acceptors (Lipinski definition) is 3. The van der Waals surface area contributed by atoms with Crippen molar-refractivity contribution in [2.75, 3.05) is 0 Å². The van der Waals surface area contributed by atoms with Crippen LogP contribution in [0, 0.1) is 17.8 Å². The Morgan fingerprint density at radius 1 is 1.22 bits per heavy atom. The van der Waals surface area contributed by atoms with Gasteiger partial charge in [-0.3, -0.25) is 4.79 Å². The Bertz CT molecular complexity index is 665. The quantitative estimate of drug-likeness (QED) is 0.923. The fourth-order valence-electron chi connectivity index (χ4n) is 4.25. The Balaban J connectivity index is 1.28. The molecule has 1 heterocycles. The molecule has 0 radical (unpaired) electrons. The van der Waals surface area contributed by atoms with Crippen LogP contribution in [0.1, 0.15) is 37.7 Å². The predicted octanol–water partition coefficient (Wildman–Crippen LogP) is 2.71. The smallest absolute Gasteiger partial charge is 0.220 e. The van der Waals surface area contributed by atoms with Gasteiger partial charge in [0.1, 0.15) is 12.7 Å². The third kappa shape index (κ3) is 3.14. The maximum atomic E-state index is 12.2. The van der Waals surface area contributed by atoms with E-state index in [1.165, 1.54) is 32.0 Å². The van der Waals surface area contributed by atoms with E-state index in [1.807, 2.05) is 24.3 Å². The van der Waals surface area contributed by atoms with Gasteiger partial charge < -0.3 is 5.32 Å². The van der Waals surface area contributed by atoms with Crippen molar-refractivity contribution >= 4 is 5.91 Å². The van der Waals surface area contributed by atoms with E-state index in [-0.39, 0.29) is 5.91 Å². The summed E-state index contributed by atoms with van der Waals surface area (Å²) in [6, 6.07) is 8.03. The topological polar surface area (TPSA) is 59.8 Å². The van der Waals surface area contributed by atoms with Gasteiger partial charge in [-0.2, -0.15) is 5.10 Å². The summed E-state index contributed by atoms with van der Waals surface area (Å²) in [6.07, 6.45) is 9.26. The van der Waals surface area contributed by atoms with E-state index in [9.17, 15) is 4.79 Å². The highest BCUT2D eigenvalue weighted by molar-refractivity contribution is 5.76. The van der Waals surface area contributed by atoms with Crippen LogP contribution in [0.4, 0.5) is 0 Å². The molecule has 0 unspecified atom stereocenters. The maximum Gasteiger partial charge on any atom is 0.220 e. The first kappa shape index (κ1) is 14.4. The lowest BCUT2D eigenvalue weighted by molar-refractivity contribution is -0.122. The van der Waals surface area contributed by atoms with Gasteiger partial charge in [-0.1, -0.05) is 18.6 Å². The molecule has 2 fully saturated rings. The maximum absolute atomic E-state index is 12.2. The summed E-state index contributed by atoms with van der Waals surface area (Å²) >= 11 is 0. The fraction of sp³-hybridized carbons (Fsp3) is 0.500. The molecule has 0 aliphatic heterocycles. The zero-order chi connectivity index (χ0) is 15.6. The number of fused-ring (bicyclic) bond motifs is 2. The molecule has 4 rings (SSSR count). The van der Waals surface area contributed by atoms with Crippen LogP contribution in [-0.4, -0.2) is 20.7 Å². The second kappa shape index (κ2) is 6.14. The van der Waals surface area contributed by atoms with Crippen LogP contribution in [0.15, 0.2) is 36.9 Å². The number of rotatable bonds is 5. The molecule has 0 saturated heterocycles. The van der Waals surface area contributed by atoms with Crippen LogP contribution >= 0.6 is 0 Å². The molecule has 2 bridgehead atoms. The van der Waals surface area contributed by atoms with Gasteiger partial charge in [-0.05, 0) is 54.7 Å². The van der Waals surface area contributed by atoms with Crippen LogP contribution < -0.4 is 5.32 Å². The van der Waals surface area contributed by atoms with Crippen LogP contribution in [0.5, 0.6) is 0 Å². The summed E-state index contributed by atoms with van der Waals surface area (Å²) < 4.78 is 1.72. The number of nitrogens with one attached hydrogen (secondary N) is 1. The standard InChI is InChI=1S/C18H22N4O/c23-18(9-16-8-14-1-4-15(16)7-14)20-10-13-2-5-17(6-3-13)22-12-19-11-21-22/h2-3,5-6,11-12,14-16H,1,4,7-10H2,(H,20,23)/t14-,15-,16+/m0/s1. The molecule has 1 amide bonds. The molecule has 2 saturated carbocycles. The van der Waals surface area contributed by atoms with E-state index in [1.54, 1.807) is 11.0 Å². The number of aromatic nitrogens is 3.